The Hall–Kier alpha value is -3.08. The zero-order valence-corrected chi connectivity index (χ0v) is 18.8. The second-order valence-corrected chi connectivity index (χ2v) is 9.61. The van der Waals surface area contributed by atoms with Gasteiger partial charge in [-0.1, -0.05) is 66.7 Å². The second kappa shape index (κ2) is 6.71. The molecule has 0 saturated carbocycles. The quantitative estimate of drug-likeness (QED) is 0.298. The van der Waals surface area contributed by atoms with Crippen molar-refractivity contribution in [3.63, 3.8) is 0 Å². The van der Waals surface area contributed by atoms with Gasteiger partial charge in [-0.25, -0.2) is 0 Å². The van der Waals surface area contributed by atoms with Crippen LogP contribution < -0.4 is 5.46 Å². The Kier molecular flexibility index (Phi) is 4.11. The van der Waals surface area contributed by atoms with E-state index in [1.54, 1.807) is 0 Å². The van der Waals surface area contributed by atoms with Gasteiger partial charge in [-0.15, -0.1) is 0 Å². The fourth-order valence-corrected chi connectivity index (χ4v) is 4.73. The maximum atomic E-state index is 6.38. The molecule has 0 unspecified atom stereocenters. The molecule has 1 saturated heterocycles. The van der Waals surface area contributed by atoms with Crippen LogP contribution in [0.15, 0.2) is 83.3 Å². The van der Waals surface area contributed by atoms with E-state index in [0.717, 1.165) is 32.8 Å². The first kappa shape index (κ1) is 19.6. The van der Waals surface area contributed by atoms with Crippen LogP contribution in [0.2, 0.25) is 0 Å². The summed E-state index contributed by atoms with van der Waals surface area (Å²) in [6, 6.07) is 27.4. The molecule has 3 nitrogen and oxygen atoms in total. The largest absolute Gasteiger partial charge is 0.495 e. The number of para-hydroxylation sites is 1. The normalized spacial score (nSPS) is 17.6. The zero-order valence-electron chi connectivity index (χ0n) is 18.8. The maximum absolute atomic E-state index is 6.38. The van der Waals surface area contributed by atoms with Crippen LogP contribution in [-0.4, -0.2) is 18.3 Å². The van der Waals surface area contributed by atoms with Crippen molar-refractivity contribution in [3.05, 3.63) is 78.9 Å². The van der Waals surface area contributed by atoms with Crippen LogP contribution in [0.4, 0.5) is 0 Å². The van der Waals surface area contributed by atoms with Crippen LogP contribution in [0.5, 0.6) is 0 Å². The molecule has 5 aromatic rings. The Labute approximate surface area is 188 Å². The molecule has 1 aromatic heterocycles. The van der Waals surface area contributed by atoms with Crippen LogP contribution in [0.3, 0.4) is 0 Å². The highest BCUT2D eigenvalue weighted by molar-refractivity contribution is 6.65. The molecule has 158 valence electrons. The average Bonchev–Trinajstić information content (AvgIpc) is 3.26. The summed E-state index contributed by atoms with van der Waals surface area (Å²) < 4.78 is 18.9. The fraction of sp³-hybridized carbons (Fsp3) is 0.214. The van der Waals surface area contributed by atoms with Crippen LogP contribution in [0, 0.1) is 0 Å². The number of benzene rings is 4. The van der Waals surface area contributed by atoms with E-state index in [0.29, 0.717) is 0 Å². The first-order chi connectivity index (χ1) is 15.4. The maximum Gasteiger partial charge on any atom is 0.495 e. The minimum atomic E-state index is -0.399. The lowest BCUT2D eigenvalue weighted by Gasteiger charge is -2.32. The third kappa shape index (κ3) is 2.76. The fourth-order valence-electron chi connectivity index (χ4n) is 4.73. The van der Waals surface area contributed by atoms with Gasteiger partial charge in [0.15, 0.2) is 0 Å². The molecule has 1 aliphatic rings. The first-order valence-electron chi connectivity index (χ1n) is 11.1. The number of fused-ring (bicyclic) bond motifs is 4. The predicted octanol–water partition coefficient (Wildman–Crippen LogP) is 6.71. The Morgan fingerprint density at radius 2 is 1.19 bits per heavy atom. The Morgan fingerprint density at radius 3 is 1.94 bits per heavy atom. The summed E-state index contributed by atoms with van der Waals surface area (Å²) in [5.74, 6) is 0. The summed E-state index contributed by atoms with van der Waals surface area (Å²) in [5, 5.41) is 4.61. The predicted molar refractivity (Wildman–Crippen MR) is 132 cm³/mol. The van der Waals surface area contributed by atoms with Crippen LogP contribution >= 0.6 is 0 Å². The molecule has 0 aliphatic carbocycles. The summed E-state index contributed by atoms with van der Waals surface area (Å²) in [7, 11) is -0.399. The molecule has 0 bridgehead atoms. The molecule has 4 aromatic carbocycles. The summed E-state index contributed by atoms with van der Waals surface area (Å²) in [5.41, 5.74) is 4.47. The highest BCUT2D eigenvalue weighted by Gasteiger charge is 2.52. The summed E-state index contributed by atoms with van der Waals surface area (Å²) in [6.07, 6.45) is 0. The van der Waals surface area contributed by atoms with Crippen LogP contribution in [0.25, 0.3) is 43.8 Å². The molecule has 0 amide bonds. The molecule has 4 heteroatoms. The van der Waals surface area contributed by atoms with E-state index in [1.807, 2.05) is 18.2 Å². The molecule has 0 atom stereocenters. The lowest BCUT2D eigenvalue weighted by Crippen LogP contribution is -2.41. The molecule has 1 aliphatic heterocycles. The van der Waals surface area contributed by atoms with E-state index < -0.39 is 7.12 Å². The highest BCUT2D eigenvalue weighted by Crippen LogP contribution is 2.40. The van der Waals surface area contributed by atoms with Crippen molar-refractivity contribution in [2.45, 2.75) is 38.9 Å². The highest BCUT2D eigenvalue weighted by atomic mass is 16.7. The minimum Gasteiger partial charge on any atom is -0.456 e. The van der Waals surface area contributed by atoms with E-state index in [9.17, 15) is 0 Å². The van der Waals surface area contributed by atoms with Gasteiger partial charge in [0.25, 0.3) is 0 Å². The monoisotopic (exact) mass is 420 g/mol. The molecular weight excluding hydrogens is 395 g/mol. The molecular formula is C28H25BO3. The molecule has 1 fully saturated rings. The SMILES string of the molecule is CC1(C)OB(c2ccc(-c3cccc4oc5ccccc5c34)c3ccccc23)OC1(C)C. The minimum absolute atomic E-state index is 0.376. The standard InChI is InChI=1S/C28H25BO3/c1-27(2)28(3,4)32-29(31-27)23-17-16-19(18-10-5-6-11-20(18)23)21-13-9-15-25-26(21)22-12-7-8-14-24(22)30-25/h5-17H,1-4H3. The average molecular weight is 420 g/mol. The van der Waals surface area contributed by atoms with Gasteiger partial charge in [0.1, 0.15) is 11.2 Å². The molecule has 6 rings (SSSR count). The van der Waals surface area contributed by atoms with E-state index >= 15 is 0 Å². The van der Waals surface area contributed by atoms with Gasteiger partial charge in [0, 0.05) is 10.8 Å². The van der Waals surface area contributed by atoms with Crippen LogP contribution in [-0.2, 0) is 9.31 Å². The Morgan fingerprint density at radius 1 is 0.562 bits per heavy atom. The van der Waals surface area contributed by atoms with Crippen molar-refractivity contribution < 1.29 is 13.7 Å². The first-order valence-corrected chi connectivity index (χ1v) is 11.1. The lowest BCUT2D eigenvalue weighted by atomic mass is 9.75. The third-order valence-electron chi connectivity index (χ3n) is 7.16. The second-order valence-electron chi connectivity index (χ2n) is 9.61. The van der Waals surface area contributed by atoms with Crippen molar-refractivity contribution in [1.82, 2.24) is 0 Å². The molecule has 0 spiro atoms. The van der Waals surface area contributed by atoms with Crippen molar-refractivity contribution in [3.8, 4) is 11.1 Å². The van der Waals surface area contributed by atoms with Crippen molar-refractivity contribution in [2.24, 2.45) is 0 Å². The summed E-state index contributed by atoms with van der Waals surface area (Å²) in [6.45, 7) is 8.37. The number of rotatable bonds is 2. The van der Waals surface area contributed by atoms with Crippen LogP contribution in [0.1, 0.15) is 27.7 Å². The van der Waals surface area contributed by atoms with Gasteiger partial charge in [0.05, 0.1) is 11.2 Å². The van der Waals surface area contributed by atoms with Gasteiger partial charge >= 0.3 is 7.12 Å². The third-order valence-corrected chi connectivity index (χ3v) is 7.16. The van der Waals surface area contributed by atoms with Crippen molar-refractivity contribution in [1.29, 1.82) is 0 Å². The molecule has 0 N–H and O–H groups in total. The molecule has 2 heterocycles. The van der Waals surface area contributed by atoms with Gasteiger partial charge in [-0.05, 0) is 67.2 Å². The number of furan rings is 1. The number of hydrogen-bond donors (Lipinski definition) is 0. The smallest absolute Gasteiger partial charge is 0.456 e. The van der Waals surface area contributed by atoms with Gasteiger partial charge in [-0.2, -0.15) is 0 Å². The van der Waals surface area contributed by atoms with E-state index in [4.69, 9.17) is 13.7 Å². The summed E-state index contributed by atoms with van der Waals surface area (Å²) in [4.78, 5) is 0. The molecule has 32 heavy (non-hydrogen) atoms. The molecule has 0 radical (unpaired) electrons. The van der Waals surface area contributed by atoms with Gasteiger partial charge < -0.3 is 13.7 Å². The van der Waals surface area contributed by atoms with Crippen molar-refractivity contribution in [2.75, 3.05) is 0 Å². The van der Waals surface area contributed by atoms with Gasteiger partial charge in [0.2, 0.25) is 0 Å². The van der Waals surface area contributed by atoms with E-state index in [2.05, 4.69) is 88.4 Å². The topological polar surface area (TPSA) is 31.6 Å². The zero-order chi connectivity index (χ0) is 22.1. The van der Waals surface area contributed by atoms with Gasteiger partial charge in [-0.3, -0.25) is 0 Å². The Balaban J connectivity index is 1.59. The lowest BCUT2D eigenvalue weighted by molar-refractivity contribution is 0.00578. The van der Waals surface area contributed by atoms with E-state index in [1.165, 1.54) is 16.5 Å². The van der Waals surface area contributed by atoms with E-state index in [-0.39, 0.29) is 11.2 Å². The summed E-state index contributed by atoms with van der Waals surface area (Å²) >= 11 is 0. The number of hydrogen-bond acceptors (Lipinski definition) is 3. The van der Waals surface area contributed by atoms with Crippen molar-refractivity contribution >= 4 is 45.3 Å². The Bertz CT molecular complexity index is 1480.